The second kappa shape index (κ2) is 4.47. The molecule has 1 aromatic heterocycles. The van der Waals surface area contributed by atoms with Gasteiger partial charge < -0.3 is 15.4 Å². The topological polar surface area (TPSA) is 85.2 Å². The number of hydrogen-bond donors (Lipinski definition) is 2. The molecule has 17 heavy (non-hydrogen) atoms. The molecule has 1 aromatic rings. The number of rotatable bonds is 1. The van der Waals surface area contributed by atoms with Crippen LogP contribution in [0.3, 0.4) is 0 Å². The normalized spacial score (nSPS) is 26.6. The highest BCUT2D eigenvalue weighted by atomic mass is 16.5. The summed E-state index contributed by atoms with van der Waals surface area (Å²) in [5.41, 5.74) is 6.07. The van der Waals surface area contributed by atoms with Crippen LogP contribution in [0.2, 0.25) is 0 Å². The summed E-state index contributed by atoms with van der Waals surface area (Å²) in [4.78, 5) is 3.92. The molecule has 0 saturated heterocycles. The zero-order valence-electron chi connectivity index (χ0n) is 10.1. The molecule has 1 heterocycles. The monoisotopic (exact) mass is 235 g/mol. The average molecular weight is 235 g/mol. The number of aliphatic hydroxyl groups excluding tert-OH is 1. The Balaban J connectivity index is 2.12. The van der Waals surface area contributed by atoms with E-state index in [-0.39, 0.29) is 29.9 Å². The molecule has 1 aliphatic rings. The van der Waals surface area contributed by atoms with Gasteiger partial charge in [0.25, 0.3) is 5.89 Å². The summed E-state index contributed by atoms with van der Waals surface area (Å²) in [6, 6.07) is 0.195. The Bertz CT molecular complexity index is 456. The summed E-state index contributed by atoms with van der Waals surface area (Å²) in [6.45, 7) is 4.02. The molecule has 1 fully saturated rings. The molecule has 5 nitrogen and oxygen atoms in total. The lowest BCUT2D eigenvalue weighted by atomic mass is 9.80. The lowest BCUT2D eigenvalue weighted by Gasteiger charge is -2.27. The van der Waals surface area contributed by atoms with E-state index in [4.69, 9.17) is 15.4 Å². The number of aromatic nitrogens is 2. The maximum absolute atomic E-state index is 8.79. The zero-order valence-corrected chi connectivity index (χ0v) is 10.1. The van der Waals surface area contributed by atoms with Crippen LogP contribution in [0.25, 0.3) is 0 Å². The van der Waals surface area contributed by atoms with Gasteiger partial charge in [-0.25, -0.2) is 0 Å². The molecule has 2 unspecified atom stereocenters. The van der Waals surface area contributed by atoms with Crippen LogP contribution in [0.1, 0.15) is 38.4 Å². The quantitative estimate of drug-likeness (QED) is 0.699. The minimum atomic E-state index is -0.255. The molecule has 0 spiro atoms. The molecule has 0 radical (unpaired) electrons. The molecule has 2 atom stereocenters. The first kappa shape index (κ1) is 12.1. The Morgan fingerprint density at radius 3 is 2.82 bits per heavy atom. The average Bonchev–Trinajstić information content (AvgIpc) is 2.84. The van der Waals surface area contributed by atoms with Gasteiger partial charge in [0.15, 0.2) is 0 Å². The third-order valence-electron chi connectivity index (χ3n) is 3.58. The zero-order chi connectivity index (χ0) is 12.5. The highest BCUT2D eigenvalue weighted by molar-refractivity contribution is 5.23. The fourth-order valence-corrected chi connectivity index (χ4v) is 2.13. The van der Waals surface area contributed by atoms with E-state index in [0.29, 0.717) is 5.82 Å². The Labute approximate surface area is 100 Å². The second-order valence-corrected chi connectivity index (χ2v) is 5.00. The van der Waals surface area contributed by atoms with Crippen molar-refractivity contribution in [1.29, 1.82) is 0 Å². The van der Waals surface area contributed by atoms with Gasteiger partial charge in [-0.1, -0.05) is 19.8 Å². The Hall–Kier alpha value is -1.38. The lowest BCUT2D eigenvalue weighted by molar-refractivity contribution is 0.222. The van der Waals surface area contributed by atoms with Crippen LogP contribution in [-0.4, -0.2) is 21.3 Å². The van der Waals surface area contributed by atoms with Crippen LogP contribution in [0, 0.1) is 23.2 Å². The van der Waals surface area contributed by atoms with Crippen molar-refractivity contribution < 1.29 is 9.63 Å². The molecule has 2 rings (SSSR count). The number of aliphatic hydroxyl groups is 1. The van der Waals surface area contributed by atoms with Crippen molar-refractivity contribution >= 4 is 0 Å². The smallest absolute Gasteiger partial charge is 0.253 e. The first-order valence-electron chi connectivity index (χ1n) is 5.74. The molecule has 0 aromatic carbocycles. The maximum Gasteiger partial charge on any atom is 0.253 e. The van der Waals surface area contributed by atoms with E-state index in [1.54, 1.807) is 0 Å². The fourth-order valence-electron chi connectivity index (χ4n) is 2.13. The highest BCUT2D eigenvalue weighted by Crippen LogP contribution is 2.41. The molecule has 3 N–H and O–H groups in total. The van der Waals surface area contributed by atoms with Gasteiger partial charge in [0, 0.05) is 12.0 Å². The summed E-state index contributed by atoms with van der Waals surface area (Å²) in [6.07, 6.45) is 2.01. The van der Waals surface area contributed by atoms with Crippen molar-refractivity contribution in [2.75, 3.05) is 0 Å². The summed E-state index contributed by atoms with van der Waals surface area (Å²) >= 11 is 0. The van der Waals surface area contributed by atoms with Gasteiger partial charge in [0.1, 0.15) is 6.61 Å². The van der Waals surface area contributed by atoms with Crippen LogP contribution in [-0.2, 0) is 6.61 Å². The van der Waals surface area contributed by atoms with Gasteiger partial charge in [-0.2, -0.15) is 4.98 Å². The Morgan fingerprint density at radius 2 is 2.29 bits per heavy atom. The van der Waals surface area contributed by atoms with Crippen molar-refractivity contribution in [3.8, 4) is 11.8 Å². The predicted molar refractivity (Wildman–Crippen MR) is 61.6 cm³/mol. The minimum absolute atomic E-state index is 0.0243. The molecule has 0 bridgehead atoms. The summed E-state index contributed by atoms with van der Waals surface area (Å²) in [5.74, 6) is 6.82. The van der Waals surface area contributed by atoms with E-state index >= 15 is 0 Å². The standard InChI is InChI=1S/C12H17N3O2/c1-12(2)8(3-5-9(12)13)4-6-10-14-11(7-16)17-15-10/h8-9,16H,3,5,7,13H2,1-2H3. The maximum atomic E-state index is 8.79. The lowest BCUT2D eigenvalue weighted by Crippen LogP contribution is -2.35. The van der Waals surface area contributed by atoms with Gasteiger partial charge in [-0.3, -0.25) is 0 Å². The van der Waals surface area contributed by atoms with Gasteiger partial charge >= 0.3 is 0 Å². The first-order valence-corrected chi connectivity index (χ1v) is 5.74. The van der Waals surface area contributed by atoms with Gasteiger partial charge in [-0.15, -0.1) is 0 Å². The van der Waals surface area contributed by atoms with Crippen molar-refractivity contribution in [2.45, 2.75) is 39.3 Å². The number of nitrogens with zero attached hydrogens (tertiary/aromatic N) is 2. The summed E-state index contributed by atoms with van der Waals surface area (Å²) in [7, 11) is 0. The Morgan fingerprint density at radius 1 is 1.53 bits per heavy atom. The number of nitrogens with two attached hydrogens (primary N) is 1. The van der Waals surface area contributed by atoms with Gasteiger partial charge in [0.05, 0.1) is 0 Å². The van der Waals surface area contributed by atoms with Crippen LogP contribution in [0.4, 0.5) is 0 Å². The Kier molecular flexibility index (Phi) is 3.18. The van der Waals surface area contributed by atoms with E-state index in [0.717, 1.165) is 12.8 Å². The van der Waals surface area contributed by atoms with Crippen molar-refractivity contribution in [1.82, 2.24) is 10.1 Å². The molecular weight excluding hydrogens is 218 g/mol. The summed E-state index contributed by atoms with van der Waals surface area (Å²) < 4.78 is 4.76. The van der Waals surface area contributed by atoms with Crippen molar-refractivity contribution in [2.24, 2.45) is 17.1 Å². The van der Waals surface area contributed by atoms with Gasteiger partial charge in [-0.05, 0) is 29.3 Å². The SMILES string of the molecule is CC1(C)C(N)CCC1C#Cc1noc(CO)n1. The molecule has 0 aliphatic heterocycles. The van der Waals surface area contributed by atoms with Crippen LogP contribution >= 0.6 is 0 Å². The molecule has 1 aliphatic carbocycles. The van der Waals surface area contributed by atoms with Crippen molar-refractivity contribution in [3.05, 3.63) is 11.7 Å². The molecule has 5 heteroatoms. The third kappa shape index (κ3) is 2.33. The van der Waals surface area contributed by atoms with E-state index in [1.165, 1.54) is 0 Å². The van der Waals surface area contributed by atoms with Crippen molar-refractivity contribution in [3.63, 3.8) is 0 Å². The molecule has 92 valence electrons. The van der Waals surface area contributed by atoms with E-state index in [1.807, 2.05) is 0 Å². The van der Waals surface area contributed by atoms with Crippen LogP contribution in [0.5, 0.6) is 0 Å². The highest BCUT2D eigenvalue weighted by Gasteiger charge is 2.40. The summed E-state index contributed by atoms with van der Waals surface area (Å²) in [5, 5.41) is 12.5. The van der Waals surface area contributed by atoms with E-state index in [2.05, 4.69) is 35.8 Å². The van der Waals surface area contributed by atoms with E-state index < -0.39 is 0 Å². The largest absolute Gasteiger partial charge is 0.387 e. The second-order valence-electron chi connectivity index (χ2n) is 5.00. The number of hydrogen-bond acceptors (Lipinski definition) is 5. The fraction of sp³-hybridized carbons (Fsp3) is 0.667. The molecule has 1 saturated carbocycles. The molecular formula is C12H17N3O2. The molecule has 0 amide bonds. The third-order valence-corrected chi connectivity index (χ3v) is 3.58. The van der Waals surface area contributed by atoms with Gasteiger partial charge in [0.2, 0.25) is 5.82 Å². The van der Waals surface area contributed by atoms with E-state index in [9.17, 15) is 0 Å². The first-order chi connectivity index (χ1) is 8.04. The minimum Gasteiger partial charge on any atom is -0.387 e. The van der Waals surface area contributed by atoms with Crippen LogP contribution < -0.4 is 5.73 Å². The van der Waals surface area contributed by atoms with Crippen LogP contribution in [0.15, 0.2) is 4.52 Å². The predicted octanol–water partition coefficient (Wildman–Crippen LogP) is 0.677.